The Bertz CT molecular complexity index is 1150. The Morgan fingerprint density at radius 1 is 1.17 bits per heavy atom. The van der Waals surface area contributed by atoms with Gasteiger partial charge in [0.05, 0.1) is 0 Å². The maximum atomic E-state index is 12.7. The fourth-order valence-corrected chi connectivity index (χ4v) is 3.53. The van der Waals surface area contributed by atoms with Crippen LogP contribution in [0.4, 0.5) is 11.4 Å². The number of methoxy groups -OCH3 is 1. The van der Waals surface area contributed by atoms with Gasteiger partial charge in [-0.2, -0.15) is 0 Å². The van der Waals surface area contributed by atoms with E-state index in [4.69, 9.17) is 9.15 Å². The molecule has 4 rings (SSSR count). The monoisotopic (exact) mass is 392 g/mol. The van der Waals surface area contributed by atoms with Gasteiger partial charge in [-0.15, -0.1) is 0 Å². The summed E-state index contributed by atoms with van der Waals surface area (Å²) in [6.45, 7) is 0.592. The number of rotatable bonds is 4. The summed E-state index contributed by atoms with van der Waals surface area (Å²) >= 11 is 0. The van der Waals surface area contributed by atoms with E-state index in [0.29, 0.717) is 23.2 Å². The molecule has 0 radical (unpaired) electrons. The highest BCUT2D eigenvalue weighted by Gasteiger charge is 2.23. The summed E-state index contributed by atoms with van der Waals surface area (Å²) in [7, 11) is 1.48. The number of anilines is 2. The maximum Gasteiger partial charge on any atom is 0.349 e. The minimum atomic E-state index is -0.698. The molecule has 1 aliphatic heterocycles. The molecule has 0 fully saturated rings. The molecular weight excluding hydrogens is 372 g/mol. The lowest BCUT2D eigenvalue weighted by molar-refractivity contribution is -0.122. The van der Waals surface area contributed by atoms with Crippen molar-refractivity contribution in [3.8, 4) is 0 Å². The molecule has 7 heteroatoms. The normalized spacial score (nSPS) is 13.2. The molecule has 2 heterocycles. The van der Waals surface area contributed by atoms with Crippen molar-refractivity contribution < 1.29 is 18.7 Å². The number of fused-ring (bicyclic) bond motifs is 2. The Kier molecular flexibility index (Phi) is 5.14. The summed E-state index contributed by atoms with van der Waals surface area (Å²) in [5.74, 6) is -0.692. The van der Waals surface area contributed by atoms with E-state index in [0.717, 1.165) is 24.1 Å². The first-order chi connectivity index (χ1) is 14.1. The summed E-state index contributed by atoms with van der Waals surface area (Å²) in [5, 5.41) is 3.40. The zero-order chi connectivity index (χ0) is 20.4. The molecule has 0 saturated carbocycles. The Morgan fingerprint density at radius 3 is 2.83 bits per heavy atom. The van der Waals surface area contributed by atoms with Crippen LogP contribution in [0.15, 0.2) is 57.7 Å². The van der Waals surface area contributed by atoms with Crippen LogP contribution in [0.5, 0.6) is 0 Å². The van der Waals surface area contributed by atoms with Crippen molar-refractivity contribution in [1.82, 2.24) is 0 Å². The standard InChI is InChI=1S/C22H20N2O5/c1-28-13-20(25)24-10-4-6-14-8-9-16(12-18(14)24)23-21(26)17-11-15-5-2-3-7-19(15)29-22(17)27/h2-3,5,7-9,11-12H,4,6,10,13H2,1H3,(H,23,26). The second-order valence-electron chi connectivity index (χ2n) is 6.86. The van der Waals surface area contributed by atoms with Crippen LogP contribution in [0.2, 0.25) is 0 Å². The molecule has 3 aromatic rings. The van der Waals surface area contributed by atoms with E-state index in [-0.39, 0.29) is 18.1 Å². The maximum absolute atomic E-state index is 12.7. The largest absolute Gasteiger partial charge is 0.422 e. The van der Waals surface area contributed by atoms with Crippen molar-refractivity contribution in [1.29, 1.82) is 0 Å². The van der Waals surface area contributed by atoms with Gasteiger partial charge in [0.15, 0.2) is 0 Å². The first kappa shape index (κ1) is 18.9. The van der Waals surface area contributed by atoms with Crippen molar-refractivity contribution in [2.24, 2.45) is 0 Å². The number of nitrogens with one attached hydrogen (secondary N) is 1. The molecule has 2 amide bonds. The van der Waals surface area contributed by atoms with Crippen molar-refractivity contribution in [3.05, 3.63) is 70.1 Å². The third-order valence-electron chi connectivity index (χ3n) is 4.92. The van der Waals surface area contributed by atoms with E-state index >= 15 is 0 Å². The number of para-hydroxylation sites is 1. The second kappa shape index (κ2) is 7.89. The van der Waals surface area contributed by atoms with Crippen molar-refractivity contribution in [2.75, 3.05) is 30.5 Å². The molecule has 0 aliphatic carbocycles. The topological polar surface area (TPSA) is 88.8 Å². The van der Waals surface area contributed by atoms with Gasteiger partial charge in [0.1, 0.15) is 17.8 Å². The van der Waals surface area contributed by atoms with Crippen LogP contribution in [-0.2, 0) is 16.0 Å². The molecule has 2 aromatic carbocycles. The Morgan fingerprint density at radius 2 is 2.00 bits per heavy atom. The van der Waals surface area contributed by atoms with Crippen molar-refractivity contribution in [2.45, 2.75) is 12.8 Å². The molecule has 0 unspecified atom stereocenters. The lowest BCUT2D eigenvalue weighted by atomic mass is 10.0. The van der Waals surface area contributed by atoms with Gasteiger partial charge in [-0.05, 0) is 42.7 Å². The van der Waals surface area contributed by atoms with E-state index < -0.39 is 11.5 Å². The van der Waals surface area contributed by atoms with Crippen LogP contribution in [-0.4, -0.2) is 32.1 Å². The number of nitrogens with zero attached hydrogens (tertiary/aromatic N) is 1. The summed E-state index contributed by atoms with van der Waals surface area (Å²) in [4.78, 5) is 38.9. The molecule has 0 spiro atoms. The van der Waals surface area contributed by atoms with Gasteiger partial charge < -0.3 is 19.4 Å². The van der Waals surface area contributed by atoms with Gasteiger partial charge in [-0.1, -0.05) is 24.3 Å². The van der Waals surface area contributed by atoms with Crippen LogP contribution in [0, 0.1) is 0 Å². The zero-order valence-electron chi connectivity index (χ0n) is 15.9. The number of aryl methyl sites for hydroxylation is 1. The molecule has 148 valence electrons. The molecular formula is C22H20N2O5. The zero-order valence-corrected chi connectivity index (χ0v) is 15.9. The Labute approximate surface area is 166 Å². The molecule has 29 heavy (non-hydrogen) atoms. The van der Waals surface area contributed by atoms with Crippen LogP contribution >= 0.6 is 0 Å². The molecule has 0 bridgehead atoms. The summed E-state index contributed by atoms with van der Waals surface area (Å²) in [6.07, 6.45) is 1.72. The van der Waals surface area contributed by atoms with Crippen molar-refractivity contribution in [3.63, 3.8) is 0 Å². The fourth-order valence-electron chi connectivity index (χ4n) is 3.53. The van der Waals surface area contributed by atoms with E-state index in [2.05, 4.69) is 5.32 Å². The predicted octanol–water partition coefficient (Wildman–Crippen LogP) is 2.97. The third-order valence-corrected chi connectivity index (χ3v) is 4.92. The van der Waals surface area contributed by atoms with Gasteiger partial charge in [-0.3, -0.25) is 9.59 Å². The second-order valence-corrected chi connectivity index (χ2v) is 6.86. The number of benzene rings is 2. The van der Waals surface area contributed by atoms with Crippen LogP contribution < -0.4 is 15.8 Å². The lowest BCUT2D eigenvalue weighted by Gasteiger charge is -2.29. The van der Waals surface area contributed by atoms with E-state index in [1.165, 1.54) is 13.2 Å². The highest BCUT2D eigenvalue weighted by Crippen LogP contribution is 2.30. The lowest BCUT2D eigenvalue weighted by Crippen LogP contribution is -2.37. The molecule has 1 aliphatic rings. The highest BCUT2D eigenvalue weighted by molar-refractivity contribution is 6.06. The molecule has 1 N–H and O–H groups in total. The van der Waals surface area contributed by atoms with Crippen LogP contribution in [0.25, 0.3) is 11.0 Å². The van der Waals surface area contributed by atoms with E-state index in [9.17, 15) is 14.4 Å². The number of amides is 2. The Balaban J connectivity index is 1.63. The number of ether oxygens (including phenoxy) is 1. The Hall–Kier alpha value is -3.45. The van der Waals surface area contributed by atoms with Gasteiger partial charge in [0.25, 0.3) is 11.8 Å². The third kappa shape index (κ3) is 3.77. The van der Waals surface area contributed by atoms with Gasteiger partial charge in [-0.25, -0.2) is 4.79 Å². The first-order valence-electron chi connectivity index (χ1n) is 9.33. The number of carbonyl (C=O) groups is 2. The summed E-state index contributed by atoms with van der Waals surface area (Å²) in [5.41, 5.74) is 1.93. The van der Waals surface area contributed by atoms with Gasteiger partial charge in [0.2, 0.25) is 0 Å². The molecule has 0 saturated heterocycles. The van der Waals surface area contributed by atoms with Gasteiger partial charge >= 0.3 is 5.63 Å². The van der Waals surface area contributed by atoms with Crippen LogP contribution in [0.3, 0.4) is 0 Å². The average Bonchev–Trinajstić information content (AvgIpc) is 2.72. The molecule has 1 aromatic heterocycles. The number of hydrogen-bond donors (Lipinski definition) is 1. The number of hydrogen-bond acceptors (Lipinski definition) is 5. The summed E-state index contributed by atoms with van der Waals surface area (Å²) in [6, 6.07) is 13.9. The SMILES string of the molecule is COCC(=O)N1CCCc2ccc(NC(=O)c3cc4ccccc4oc3=O)cc21. The summed E-state index contributed by atoms with van der Waals surface area (Å²) < 4.78 is 10.2. The van der Waals surface area contributed by atoms with Gasteiger partial charge in [0, 0.05) is 30.4 Å². The molecule has 0 atom stereocenters. The van der Waals surface area contributed by atoms with E-state index in [1.807, 2.05) is 6.07 Å². The highest BCUT2D eigenvalue weighted by atomic mass is 16.5. The number of carbonyl (C=O) groups excluding carboxylic acids is 2. The first-order valence-corrected chi connectivity index (χ1v) is 9.33. The van der Waals surface area contributed by atoms with E-state index in [1.54, 1.807) is 41.3 Å². The molecule has 7 nitrogen and oxygen atoms in total. The average molecular weight is 392 g/mol. The van der Waals surface area contributed by atoms with Crippen LogP contribution in [0.1, 0.15) is 22.3 Å². The smallest absolute Gasteiger partial charge is 0.349 e. The predicted molar refractivity (Wildman–Crippen MR) is 109 cm³/mol. The quantitative estimate of drug-likeness (QED) is 0.690. The minimum absolute atomic E-state index is 0.00579. The minimum Gasteiger partial charge on any atom is -0.422 e. The fraction of sp³-hybridized carbons (Fsp3) is 0.227. The van der Waals surface area contributed by atoms with Crippen molar-refractivity contribution >= 4 is 34.2 Å².